The molecule has 1 nitrogen and oxygen atoms in total. The summed E-state index contributed by atoms with van der Waals surface area (Å²) >= 11 is 6.26. The zero-order valence-electron chi connectivity index (χ0n) is 9.59. The standard InChI is InChI=1S/C14H8Br2F2O/c15-10-2-1-8(13(18)7-10)5-14(19)9-3-11(16)6-12(17)4-9/h1-4,6-7H,5H2. The largest absolute Gasteiger partial charge is 0.294 e. The van der Waals surface area contributed by atoms with Crippen LogP contribution in [0.1, 0.15) is 15.9 Å². The molecule has 0 atom stereocenters. The van der Waals surface area contributed by atoms with Crippen LogP contribution in [0.25, 0.3) is 0 Å². The summed E-state index contributed by atoms with van der Waals surface area (Å²) in [7, 11) is 0. The number of benzene rings is 2. The summed E-state index contributed by atoms with van der Waals surface area (Å²) in [5, 5.41) is 0. The van der Waals surface area contributed by atoms with Crippen LogP contribution in [0.2, 0.25) is 0 Å². The molecule has 0 N–H and O–H groups in total. The van der Waals surface area contributed by atoms with Gasteiger partial charge in [0.1, 0.15) is 11.6 Å². The molecule has 0 spiro atoms. The number of ketones is 1. The lowest BCUT2D eigenvalue weighted by atomic mass is 10.0. The second-order valence-corrected chi connectivity index (χ2v) is 5.83. The fourth-order valence-corrected chi connectivity index (χ4v) is 2.45. The van der Waals surface area contributed by atoms with E-state index in [-0.39, 0.29) is 23.3 Å². The van der Waals surface area contributed by atoms with Crippen molar-refractivity contribution >= 4 is 37.6 Å². The van der Waals surface area contributed by atoms with Gasteiger partial charge < -0.3 is 0 Å². The summed E-state index contributed by atoms with van der Waals surface area (Å²) in [6.07, 6.45) is -0.102. The maximum absolute atomic E-state index is 13.6. The number of Topliss-reactive ketones (excluding diaryl/α,β-unsaturated/α-hetero) is 1. The molecule has 5 heteroatoms. The Morgan fingerprint density at radius 1 is 1.00 bits per heavy atom. The van der Waals surface area contributed by atoms with E-state index < -0.39 is 11.6 Å². The van der Waals surface area contributed by atoms with E-state index in [0.29, 0.717) is 8.95 Å². The van der Waals surface area contributed by atoms with Crippen molar-refractivity contribution in [3.63, 3.8) is 0 Å². The lowest BCUT2D eigenvalue weighted by Gasteiger charge is -2.04. The number of halogens is 4. The van der Waals surface area contributed by atoms with E-state index in [4.69, 9.17) is 0 Å². The molecule has 2 rings (SSSR count). The molecule has 0 aliphatic carbocycles. The molecule has 0 radical (unpaired) electrons. The molecule has 0 aromatic heterocycles. The Labute approximate surface area is 125 Å². The van der Waals surface area contributed by atoms with Gasteiger partial charge in [0, 0.05) is 20.9 Å². The van der Waals surface area contributed by atoms with Gasteiger partial charge in [-0.15, -0.1) is 0 Å². The number of carbonyl (C=O) groups is 1. The van der Waals surface area contributed by atoms with E-state index in [1.54, 1.807) is 6.07 Å². The Bertz CT molecular complexity index is 621. The quantitative estimate of drug-likeness (QED) is 0.681. The summed E-state index contributed by atoms with van der Waals surface area (Å²) in [5.41, 5.74) is 0.503. The van der Waals surface area contributed by atoms with Crippen molar-refractivity contribution in [3.8, 4) is 0 Å². The van der Waals surface area contributed by atoms with Crippen LogP contribution in [0.4, 0.5) is 8.78 Å². The fraction of sp³-hybridized carbons (Fsp3) is 0.0714. The van der Waals surface area contributed by atoms with Crippen molar-refractivity contribution in [2.45, 2.75) is 6.42 Å². The minimum absolute atomic E-state index is 0.102. The highest BCUT2D eigenvalue weighted by molar-refractivity contribution is 9.10. The minimum atomic E-state index is -0.506. The molecular weight excluding hydrogens is 382 g/mol. The van der Waals surface area contributed by atoms with Crippen LogP contribution in [0, 0.1) is 11.6 Å². The lowest BCUT2D eigenvalue weighted by Crippen LogP contribution is -2.05. The summed E-state index contributed by atoms with van der Waals surface area (Å²) in [4.78, 5) is 12.0. The first-order valence-electron chi connectivity index (χ1n) is 5.39. The third-order valence-electron chi connectivity index (χ3n) is 2.55. The van der Waals surface area contributed by atoms with E-state index in [2.05, 4.69) is 31.9 Å². The third-order valence-corrected chi connectivity index (χ3v) is 3.50. The van der Waals surface area contributed by atoms with E-state index in [1.165, 1.54) is 24.3 Å². The van der Waals surface area contributed by atoms with Crippen molar-refractivity contribution in [2.24, 2.45) is 0 Å². The average Bonchev–Trinajstić information content (AvgIpc) is 2.31. The summed E-state index contributed by atoms with van der Waals surface area (Å²) < 4.78 is 27.9. The molecule has 0 saturated heterocycles. The second-order valence-electron chi connectivity index (χ2n) is 3.99. The number of hydrogen-bond acceptors (Lipinski definition) is 1. The summed E-state index contributed by atoms with van der Waals surface area (Å²) in [6.45, 7) is 0. The summed E-state index contributed by atoms with van der Waals surface area (Å²) in [6, 6.07) is 8.41. The Morgan fingerprint density at radius 3 is 2.37 bits per heavy atom. The highest BCUT2D eigenvalue weighted by atomic mass is 79.9. The predicted octanol–water partition coefficient (Wildman–Crippen LogP) is 4.92. The molecule has 98 valence electrons. The van der Waals surface area contributed by atoms with Gasteiger partial charge in [0.2, 0.25) is 0 Å². The van der Waals surface area contributed by atoms with Gasteiger partial charge in [0.05, 0.1) is 0 Å². The van der Waals surface area contributed by atoms with Crippen LogP contribution in [0.5, 0.6) is 0 Å². The molecule has 19 heavy (non-hydrogen) atoms. The Kier molecular flexibility index (Phi) is 4.47. The zero-order valence-corrected chi connectivity index (χ0v) is 12.8. The Balaban J connectivity index is 2.25. The van der Waals surface area contributed by atoms with Crippen LogP contribution in [-0.4, -0.2) is 5.78 Å². The van der Waals surface area contributed by atoms with Crippen LogP contribution in [-0.2, 0) is 6.42 Å². The average molecular weight is 390 g/mol. The third kappa shape index (κ3) is 3.70. The predicted molar refractivity (Wildman–Crippen MR) is 76.2 cm³/mol. The highest BCUT2D eigenvalue weighted by Gasteiger charge is 2.12. The van der Waals surface area contributed by atoms with Crippen molar-refractivity contribution in [1.29, 1.82) is 0 Å². The van der Waals surface area contributed by atoms with Gasteiger partial charge in [-0.2, -0.15) is 0 Å². The van der Waals surface area contributed by atoms with Crippen LogP contribution in [0.3, 0.4) is 0 Å². The van der Waals surface area contributed by atoms with Crippen molar-refractivity contribution in [2.75, 3.05) is 0 Å². The summed E-state index contributed by atoms with van der Waals surface area (Å²) in [5.74, 6) is -1.30. The first-order valence-corrected chi connectivity index (χ1v) is 6.97. The monoisotopic (exact) mass is 388 g/mol. The first kappa shape index (κ1) is 14.3. The van der Waals surface area contributed by atoms with Gasteiger partial charge in [-0.25, -0.2) is 8.78 Å². The van der Waals surface area contributed by atoms with Crippen LogP contribution < -0.4 is 0 Å². The fourth-order valence-electron chi connectivity index (χ4n) is 1.65. The van der Waals surface area contributed by atoms with E-state index in [1.807, 2.05) is 0 Å². The van der Waals surface area contributed by atoms with Gasteiger partial charge >= 0.3 is 0 Å². The number of rotatable bonds is 3. The molecule has 0 bridgehead atoms. The molecule has 2 aromatic rings. The normalized spacial score (nSPS) is 10.5. The molecule has 0 heterocycles. The zero-order chi connectivity index (χ0) is 14.0. The molecule has 0 unspecified atom stereocenters. The topological polar surface area (TPSA) is 17.1 Å². The van der Waals surface area contributed by atoms with Gasteiger partial charge in [-0.05, 0) is 35.9 Å². The van der Waals surface area contributed by atoms with E-state index >= 15 is 0 Å². The lowest BCUT2D eigenvalue weighted by molar-refractivity contribution is 0.0991. The Morgan fingerprint density at radius 2 is 1.74 bits per heavy atom. The molecule has 0 amide bonds. The first-order chi connectivity index (χ1) is 8.95. The van der Waals surface area contributed by atoms with E-state index in [0.717, 1.165) is 6.07 Å². The van der Waals surface area contributed by atoms with Gasteiger partial charge in [0.25, 0.3) is 0 Å². The van der Waals surface area contributed by atoms with Gasteiger partial charge in [0.15, 0.2) is 5.78 Å². The Hall–Kier alpha value is -1.07. The van der Waals surface area contributed by atoms with Crippen molar-refractivity contribution in [3.05, 3.63) is 68.1 Å². The number of hydrogen-bond donors (Lipinski definition) is 0. The van der Waals surface area contributed by atoms with Gasteiger partial charge in [-0.3, -0.25) is 4.79 Å². The maximum atomic E-state index is 13.6. The molecule has 0 aliphatic rings. The van der Waals surface area contributed by atoms with Crippen LogP contribution in [0.15, 0.2) is 45.3 Å². The SMILES string of the molecule is O=C(Cc1ccc(Br)cc1F)c1cc(F)cc(Br)c1. The molecule has 2 aromatic carbocycles. The maximum Gasteiger partial charge on any atom is 0.167 e. The molecular formula is C14H8Br2F2O. The number of carbonyl (C=O) groups excluding carboxylic acids is 1. The highest BCUT2D eigenvalue weighted by Crippen LogP contribution is 2.19. The second kappa shape index (κ2) is 5.92. The molecule has 0 aliphatic heterocycles. The van der Waals surface area contributed by atoms with E-state index in [9.17, 15) is 13.6 Å². The smallest absolute Gasteiger partial charge is 0.167 e. The van der Waals surface area contributed by atoms with Crippen molar-refractivity contribution in [1.82, 2.24) is 0 Å². The van der Waals surface area contributed by atoms with Crippen LogP contribution >= 0.6 is 31.9 Å². The minimum Gasteiger partial charge on any atom is -0.294 e. The van der Waals surface area contributed by atoms with Crippen molar-refractivity contribution < 1.29 is 13.6 Å². The molecule has 0 saturated carbocycles. The van der Waals surface area contributed by atoms with Gasteiger partial charge in [-0.1, -0.05) is 37.9 Å². The molecule has 0 fully saturated rings.